The Morgan fingerprint density at radius 1 is 1.36 bits per heavy atom. The molecule has 0 rings (SSSR count). The van der Waals surface area contributed by atoms with Crippen molar-refractivity contribution in [2.45, 2.75) is 40.0 Å². The van der Waals surface area contributed by atoms with E-state index in [-0.39, 0.29) is 11.8 Å². The summed E-state index contributed by atoms with van der Waals surface area (Å²) in [5, 5.41) is 0. The SMILES string of the molecule is CCCCN(CCN)C(=O)C(C)CC. The lowest BCUT2D eigenvalue weighted by molar-refractivity contribution is -0.135. The molecule has 1 unspecified atom stereocenters. The molecule has 0 radical (unpaired) electrons. The quantitative estimate of drug-likeness (QED) is 0.679. The van der Waals surface area contributed by atoms with Crippen LogP contribution in [-0.2, 0) is 4.79 Å². The molecule has 14 heavy (non-hydrogen) atoms. The predicted octanol–water partition coefficient (Wildman–Crippen LogP) is 1.62. The largest absolute Gasteiger partial charge is 0.341 e. The summed E-state index contributed by atoms with van der Waals surface area (Å²) >= 11 is 0. The number of amides is 1. The molecule has 1 amide bonds. The van der Waals surface area contributed by atoms with E-state index in [4.69, 9.17) is 5.73 Å². The molecule has 0 spiro atoms. The molecule has 0 saturated carbocycles. The number of rotatable bonds is 7. The Bertz CT molecular complexity index is 159. The summed E-state index contributed by atoms with van der Waals surface area (Å²) in [4.78, 5) is 13.7. The predicted molar refractivity (Wildman–Crippen MR) is 60.0 cm³/mol. The summed E-state index contributed by atoms with van der Waals surface area (Å²) in [6.07, 6.45) is 3.10. The molecule has 0 saturated heterocycles. The van der Waals surface area contributed by atoms with Crippen LogP contribution in [0, 0.1) is 5.92 Å². The molecular weight excluding hydrogens is 176 g/mol. The number of nitrogens with two attached hydrogens (primary N) is 1. The van der Waals surface area contributed by atoms with Crippen LogP contribution in [0.4, 0.5) is 0 Å². The van der Waals surface area contributed by atoms with Crippen LogP contribution < -0.4 is 5.73 Å². The second-order valence-corrected chi connectivity index (χ2v) is 3.78. The lowest BCUT2D eigenvalue weighted by atomic mass is 10.1. The standard InChI is InChI=1S/C11H24N2O/c1-4-6-8-13(9-7-12)11(14)10(3)5-2/h10H,4-9,12H2,1-3H3. The molecule has 0 bridgehead atoms. The van der Waals surface area contributed by atoms with Crippen LogP contribution >= 0.6 is 0 Å². The molecule has 84 valence electrons. The zero-order valence-electron chi connectivity index (χ0n) is 9.75. The van der Waals surface area contributed by atoms with E-state index in [1.165, 1.54) is 0 Å². The van der Waals surface area contributed by atoms with Crippen LogP contribution in [-0.4, -0.2) is 30.4 Å². The van der Waals surface area contributed by atoms with E-state index in [2.05, 4.69) is 6.92 Å². The van der Waals surface area contributed by atoms with E-state index in [1.54, 1.807) is 0 Å². The molecule has 3 heteroatoms. The highest BCUT2D eigenvalue weighted by molar-refractivity contribution is 5.78. The monoisotopic (exact) mass is 200 g/mol. The molecule has 0 aromatic rings. The summed E-state index contributed by atoms with van der Waals surface area (Å²) in [5.74, 6) is 0.393. The highest BCUT2D eigenvalue weighted by Gasteiger charge is 2.17. The van der Waals surface area contributed by atoms with Crippen molar-refractivity contribution in [3.05, 3.63) is 0 Å². The van der Waals surface area contributed by atoms with Gasteiger partial charge in [-0.25, -0.2) is 0 Å². The molecule has 0 fully saturated rings. The summed E-state index contributed by atoms with van der Waals surface area (Å²) in [5.41, 5.74) is 5.49. The molecule has 0 aliphatic heterocycles. The molecule has 0 heterocycles. The number of hydrogen-bond acceptors (Lipinski definition) is 2. The van der Waals surface area contributed by atoms with Gasteiger partial charge in [-0.1, -0.05) is 27.2 Å². The number of carbonyl (C=O) groups excluding carboxylic acids is 1. The van der Waals surface area contributed by atoms with E-state index in [0.29, 0.717) is 13.1 Å². The van der Waals surface area contributed by atoms with Crippen molar-refractivity contribution in [3.8, 4) is 0 Å². The Morgan fingerprint density at radius 2 is 2.00 bits per heavy atom. The first-order valence-corrected chi connectivity index (χ1v) is 5.66. The normalized spacial score (nSPS) is 12.6. The zero-order chi connectivity index (χ0) is 11.0. The van der Waals surface area contributed by atoms with Gasteiger partial charge in [-0.3, -0.25) is 4.79 Å². The Balaban J connectivity index is 4.10. The minimum absolute atomic E-state index is 0.137. The summed E-state index contributed by atoms with van der Waals surface area (Å²) < 4.78 is 0. The zero-order valence-corrected chi connectivity index (χ0v) is 9.75. The van der Waals surface area contributed by atoms with Crippen LogP contribution in [0.1, 0.15) is 40.0 Å². The summed E-state index contributed by atoms with van der Waals surface area (Å²) in [7, 11) is 0. The third-order valence-electron chi connectivity index (χ3n) is 2.53. The van der Waals surface area contributed by atoms with Crippen LogP contribution in [0.2, 0.25) is 0 Å². The molecule has 0 aliphatic carbocycles. The molecule has 0 aliphatic rings. The molecule has 0 aromatic heterocycles. The molecule has 2 N–H and O–H groups in total. The highest BCUT2D eigenvalue weighted by Crippen LogP contribution is 2.07. The maximum Gasteiger partial charge on any atom is 0.225 e. The fourth-order valence-corrected chi connectivity index (χ4v) is 1.32. The van der Waals surface area contributed by atoms with E-state index in [9.17, 15) is 4.79 Å². The lowest BCUT2D eigenvalue weighted by Gasteiger charge is -2.24. The second-order valence-electron chi connectivity index (χ2n) is 3.78. The summed E-state index contributed by atoms with van der Waals surface area (Å²) in [6, 6.07) is 0. The van der Waals surface area contributed by atoms with Crippen LogP contribution in [0.3, 0.4) is 0 Å². The van der Waals surface area contributed by atoms with Crippen molar-refractivity contribution in [1.82, 2.24) is 4.90 Å². The van der Waals surface area contributed by atoms with Gasteiger partial charge in [0.15, 0.2) is 0 Å². The van der Waals surface area contributed by atoms with Gasteiger partial charge in [-0.05, 0) is 12.8 Å². The van der Waals surface area contributed by atoms with Gasteiger partial charge in [-0.15, -0.1) is 0 Å². The Morgan fingerprint density at radius 3 is 2.43 bits per heavy atom. The molecule has 1 atom stereocenters. The number of carbonyl (C=O) groups is 1. The van der Waals surface area contributed by atoms with E-state index >= 15 is 0 Å². The van der Waals surface area contributed by atoms with Crippen molar-refractivity contribution >= 4 is 5.91 Å². The Hall–Kier alpha value is -0.570. The molecule has 0 aromatic carbocycles. The fraction of sp³-hybridized carbons (Fsp3) is 0.909. The number of hydrogen-bond donors (Lipinski definition) is 1. The topological polar surface area (TPSA) is 46.3 Å². The minimum atomic E-state index is 0.137. The summed E-state index contributed by atoms with van der Waals surface area (Å²) in [6.45, 7) is 8.28. The molecule has 3 nitrogen and oxygen atoms in total. The third-order valence-corrected chi connectivity index (χ3v) is 2.53. The van der Waals surface area contributed by atoms with Crippen LogP contribution in [0.5, 0.6) is 0 Å². The average molecular weight is 200 g/mol. The van der Waals surface area contributed by atoms with Crippen molar-refractivity contribution in [3.63, 3.8) is 0 Å². The minimum Gasteiger partial charge on any atom is -0.341 e. The van der Waals surface area contributed by atoms with Gasteiger partial charge < -0.3 is 10.6 Å². The lowest BCUT2D eigenvalue weighted by Crippen LogP contribution is -2.39. The fourth-order valence-electron chi connectivity index (χ4n) is 1.32. The van der Waals surface area contributed by atoms with Crippen molar-refractivity contribution < 1.29 is 4.79 Å². The van der Waals surface area contributed by atoms with Gasteiger partial charge in [0.2, 0.25) is 5.91 Å². The van der Waals surface area contributed by atoms with Gasteiger partial charge in [0, 0.05) is 25.6 Å². The van der Waals surface area contributed by atoms with Gasteiger partial charge in [-0.2, -0.15) is 0 Å². The van der Waals surface area contributed by atoms with Gasteiger partial charge in [0.1, 0.15) is 0 Å². The van der Waals surface area contributed by atoms with Crippen LogP contribution in [0.15, 0.2) is 0 Å². The maximum absolute atomic E-state index is 11.8. The first-order chi connectivity index (χ1) is 6.67. The van der Waals surface area contributed by atoms with Crippen LogP contribution in [0.25, 0.3) is 0 Å². The first-order valence-electron chi connectivity index (χ1n) is 5.66. The number of unbranched alkanes of at least 4 members (excludes halogenated alkanes) is 1. The Labute approximate surface area is 87.6 Å². The average Bonchev–Trinajstić information content (AvgIpc) is 2.22. The smallest absolute Gasteiger partial charge is 0.225 e. The van der Waals surface area contributed by atoms with Gasteiger partial charge >= 0.3 is 0 Å². The second kappa shape index (κ2) is 7.80. The van der Waals surface area contributed by atoms with Crippen molar-refractivity contribution in [2.75, 3.05) is 19.6 Å². The highest BCUT2D eigenvalue weighted by atomic mass is 16.2. The van der Waals surface area contributed by atoms with E-state index in [1.807, 2.05) is 18.7 Å². The number of nitrogens with zero attached hydrogens (tertiary/aromatic N) is 1. The van der Waals surface area contributed by atoms with Gasteiger partial charge in [0.25, 0.3) is 0 Å². The first kappa shape index (κ1) is 13.4. The van der Waals surface area contributed by atoms with Crippen molar-refractivity contribution in [1.29, 1.82) is 0 Å². The van der Waals surface area contributed by atoms with Crippen molar-refractivity contribution in [2.24, 2.45) is 11.7 Å². The maximum atomic E-state index is 11.8. The molecular formula is C11H24N2O. The van der Waals surface area contributed by atoms with Gasteiger partial charge in [0.05, 0.1) is 0 Å². The van der Waals surface area contributed by atoms with E-state index in [0.717, 1.165) is 25.8 Å². The van der Waals surface area contributed by atoms with E-state index < -0.39 is 0 Å². The third kappa shape index (κ3) is 4.61. The Kier molecular flexibility index (Phi) is 7.48.